The van der Waals surface area contributed by atoms with Crippen molar-refractivity contribution in [1.29, 1.82) is 0 Å². The highest BCUT2D eigenvalue weighted by Gasteiger charge is 2.20. The third kappa shape index (κ3) is 2.51. The quantitative estimate of drug-likeness (QED) is 0.910. The van der Waals surface area contributed by atoms with Gasteiger partial charge in [-0.25, -0.2) is 0 Å². The summed E-state index contributed by atoms with van der Waals surface area (Å²) in [5, 5.41) is 3.33. The van der Waals surface area contributed by atoms with Crippen LogP contribution in [0.15, 0.2) is 28.9 Å². The van der Waals surface area contributed by atoms with Crippen molar-refractivity contribution in [3.05, 3.63) is 46.9 Å². The Kier molecular flexibility index (Phi) is 4.35. The number of hydrogen-bond acceptors (Lipinski definition) is 4. The minimum Gasteiger partial charge on any atom is -0.493 e. The van der Waals surface area contributed by atoms with Crippen LogP contribution in [-0.4, -0.2) is 21.3 Å². The van der Waals surface area contributed by atoms with E-state index in [-0.39, 0.29) is 6.04 Å². The third-order valence-electron chi connectivity index (χ3n) is 3.58. The van der Waals surface area contributed by atoms with Crippen molar-refractivity contribution in [3.8, 4) is 11.5 Å². The molecule has 2 aromatic rings. The topological polar surface area (TPSA) is 43.6 Å². The van der Waals surface area contributed by atoms with Crippen LogP contribution in [0, 0.1) is 13.8 Å². The van der Waals surface area contributed by atoms with Gasteiger partial charge in [-0.2, -0.15) is 0 Å². The minimum atomic E-state index is 0.0635. The molecule has 0 spiro atoms. The van der Waals surface area contributed by atoms with E-state index >= 15 is 0 Å². The Morgan fingerprint density at radius 3 is 2.20 bits per heavy atom. The Bertz CT molecular complexity index is 589. The summed E-state index contributed by atoms with van der Waals surface area (Å²) in [6, 6.07) is 6.07. The standard InChI is InChI=1S/C16H21NO3/c1-10-8-14(18-4)15(19-5)9-13(10)16(17-3)12-6-7-20-11(12)2/h6-9,16-17H,1-5H3. The molecule has 0 aliphatic heterocycles. The van der Waals surface area contributed by atoms with Crippen LogP contribution in [0.3, 0.4) is 0 Å². The Morgan fingerprint density at radius 2 is 1.70 bits per heavy atom. The predicted molar refractivity (Wildman–Crippen MR) is 78.6 cm³/mol. The molecule has 0 saturated carbocycles. The number of aryl methyl sites for hydroxylation is 2. The van der Waals surface area contributed by atoms with Crippen molar-refractivity contribution >= 4 is 0 Å². The lowest BCUT2D eigenvalue weighted by Crippen LogP contribution is -2.19. The van der Waals surface area contributed by atoms with Crippen LogP contribution in [0.2, 0.25) is 0 Å². The molecule has 0 radical (unpaired) electrons. The monoisotopic (exact) mass is 275 g/mol. The molecule has 4 heteroatoms. The van der Waals surface area contributed by atoms with E-state index < -0.39 is 0 Å². The second kappa shape index (κ2) is 6.01. The average Bonchev–Trinajstić information content (AvgIpc) is 2.87. The maximum absolute atomic E-state index is 5.41. The maximum atomic E-state index is 5.41. The third-order valence-corrected chi connectivity index (χ3v) is 3.58. The van der Waals surface area contributed by atoms with Crippen LogP contribution < -0.4 is 14.8 Å². The molecule has 0 aliphatic carbocycles. The van der Waals surface area contributed by atoms with Gasteiger partial charge in [-0.05, 0) is 50.2 Å². The molecule has 1 aromatic heterocycles. The van der Waals surface area contributed by atoms with Gasteiger partial charge in [0.15, 0.2) is 11.5 Å². The Balaban J connectivity index is 2.52. The largest absolute Gasteiger partial charge is 0.493 e. The van der Waals surface area contributed by atoms with E-state index in [0.29, 0.717) is 0 Å². The number of rotatable bonds is 5. The number of ether oxygens (including phenoxy) is 2. The van der Waals surface area contributed by atoms with Gasteiger partial charge in [-0.1, -0.05) is 0 Å². The van der Waals surface area contributed by atoms with Gasteiger partial charge in [0.1, 0.15) is 5.76 Å². The van der Waals surface area contributed by atoms with Crippen LogP contribution in [0.1, 0.15) is 28.5 Å². The second-order valence-corrected chi connectivity index (χ2v) is 4.72. The van der Waals surface area contributed by atoms with Crippen molar-refractivity contribution in [1.82, 2.24) is 5.32 Å². The normalized spacial score (nSPS) is 12.2. The fourth-order valence-electron chi connectivity index (χ4n) is 2.48. The molecule has 0 bridgehead atoms. The molecule has 2 rings (SSSR count). The molecule has 1 heterocycles. The van der Waals surface area contributed by atoms with E-state index in [9.17, 15) is 0 Å². The van der Waals surface area contributed by atoms with Crippen molar-refractivity contribution in [2.75, 3.05) is 21.3 Å². The first-order chi connectivity index (χ1) is 9.62. The molecule has 0 amide bonds. The maximum Gasteiger partial charge on any atom is 0.161 e. The van der Waals surface area contributed by atoms with Gasteiger partial charge < -0.3 is 19.2 Å². The second-order valence-electron chi connectivity index (χ2n) is 4.72. The van der Waals surface area contributed by atoms with E-state index in [1.165, 1.54) is 0 Å². The summed E-state index contributed by atoms with van der Waals surface area (Å²) in [6.45, 7) is 4.03. The summed E-state index contributed by atoms with van der Waals surface area (Å²) in [5.41, 5.74) is 3.42. The first-order valence-electron chi connectivity index (χ1n) is 6.56. The fourth-order valence-corrected chi connectivity index (χ4v) is 2.48. The Labute approximate surface area is 119 Å². The lowest BCUT2D eigenvalue weighted by atomic mass is 9.95. The molecular weight excluding hydrogens is 254 g/mol. The number of benzene rings is 1. The zero-order valence-electron chi connectivity index (χ0n) is 12.6. The van der Waals surface area contributed by atoms with Gasteiger partial charge >= 0.3 is 0 Å². The van der Waals surface area contributed by atoms with E-state index in [4.69, 9.17) is 13.9 Å². The van der Waals surface area contributed by atoms with E-state index in [1.807, 2.05) is 32.2 Å². The number of nitrogens with one attached hydrogen (secondary N) is 1. The lowest BCUT2D eigenvalue weighted by Gasteiger charge is -2.20. The van der Waals surface area contributed by atoms with Gasteiger partial charge in [-0.3, -0.25) is 0 Å². The number of furan rings is 1. The highest BCUT2D eigenvalue weighted by Crippen LogP contribution is 2.35. The van der Waals surface area contributed by atoms with Crippen LogP contribution in [0.5, 0.6) is 11.5 Å². The Morgan fingerprint density at radius 1 is 1.05 bits per heavy atom. The highest BCUT2D eigenvalue weighted by molar-refractivity contribution is 5.50. The van der Waals surface area contributed by atoms with Gasteiger partial charge in [-0.15, -0.1) is 0 Å². The van der Waals surface area contributed by atoms with Gasteiger partial charge in [0.05, 0.1) is 26.5 Å². The molecular formula is C16H21NO3. The highest BCUT2D eigenvalue weighted by atomic mass is 16.5. The van der Waals surface area contributed by atoms with Crippen molar-refractivity contribution in [2.24, 2.45) is 0 Å². The SMILES string of the molecule is CNC(c1cc(OC)c(OC)cc1C)c1ccoc1C. The molecule has 4 nitrogen and oxygen atoms in total. The fraction of sp³-hybridized carbons (Fsp3) is 0.375. The summed E-state index contributed by atoms with van der Waals surface area (Å²) in [7, 11) is 5.23. The molecule has 1 unspecified atom stereocenters. The zero-order valence-corrected chi connectivity index (χ0v) is 12.6. The van der Waals surface area contributed by atoms with Crippen LogP contribution in [-0.2, 0) is 0 Å². The molecule has 1 aromatic carbocycles. The lowest BCUT2D eigenvalue weighted by molar-refractivity contribution is 0.354. The average molecular weight is 275 g/mol. The zero-order chi connectivity index (χ0) is 14.7. The van der Waals surface area contributed by atoms with E-state index in [0.717, 1.165) is 33.9 Å². The molecule has 1 N–H and O–H groups in total. The van der Waals surface area contributed by atoms with Crippen molar-refractivity contribution in [3.63, 3.8) is 0 Å². The molecule has 20 heavy (non-hydrogen) atoms. The van der Waals surface area contributed by atoms with E-state index in [1.54, 1.807) is 20.5 Å². The molecule has 0 saturated heterocycles. The molecule has 0 fully saturated rings. The van der Waals surface area contributed by atoms with Gasteiger partial charge in [0.25, 0.3) is 0 Å². The van der Waals surface area contributed by atoms with Crippen LogP contribution in [0.4, 0.5) is 0 Å². The summed E-state index contributed by atoms with van der Waals surface area (Å²) in [4.78, 5) is 0. The van der Waals surface area contributed by atoms with Gasteiger partial charge in [0, 0.05) is 5.56 Å². The molecule has 108 valence electrons. The minimum absolute atomic E-state index is 0.0635. The number of hydrogen-bond donors (Lipinski definition) is 1. The first kappa shape index (κ1) is 14.5. The summed E-state index contributed by atoms with van der Waals surface area (Å²) >= 11 is 0. The molecule has 0 aliphatic rings. The van der Waals surface area contributed by atoms with Crippen molar-refractivity contribution < 1.29 is 13.9 Å². The van der Waals surface area contributed by atoms with Gasteiger partial charge in [0.2, 0.25) is 0 Å². The number of methoxy groups -OCH3 is 2. The Hall–Kier alpha value is -1.94. The van der Waals surface area contributed by atoms with E-state index in [2.05, 4.69) is 12.2 Å². The smallest absolute Gasteiger partial charge is 0.161 e. The van der Waals surface area contributed by atoms with Crippen molar-refractivity contribution in [2.45, 2.75) is 19.9 Å². The van der Waals surface area contributed by atoms with Crippen LogP contribution in [0.25, 0.3) is 0 Å². The summed E-state index contributed by atoms with van der Waals surface area (Å²) < 4.78 is 16.1. The molecule has 1 atom stereocenters. The van der Waals surface area contributed by atoms with Crippen LogP contribution >= 0.6 is 0 Å². The first-order valence-corrected chi connectivity index (χ1v) is 6.56. The summed E-state index contributed by atoms with van der Waals surface area (Å²) in [5.74, 6) is 2.39. The summed E-state index contributed by atoms with van der Waals surface area (Å²) in [6.07, 6.45) is 1.71. The predicted octanol–water partition coefficient (Wildman–Crippen LogP) is 3.22.